The zero-order valence-corrected chi connectivity index (χ0v) is 13.4. The van der Waals surface area contributed by atoms with Crippen LogP contribution >= 0.6 is 0 Å². The van der Waals surface area contributed by atoms with Crippen molar-refractivity contribution in [1.29, 1.82) is 0 Å². The van der Waals surface area contributed by atoms with Gasteiger partial charge in [-0.25, -0.2) is 5.06 Å². The molecule has 1 aromatic carbocycles. The summed E-state index contributed by atoms with van der Waals surface area (Å²) in [7, 11) is 0. The van der Waals surface area contributed by atoms with Gasteiger partial charge < -0.3 is 5.32 Å². The maximum absolute atomic E-state index is 9.87. The average molecular weight is 312 g/mol. The Labute approximate surface area is 137 Å². The Morgan fingerprint density at radius 2 is 2.00 bits per heavy atom. The standard InChI is InChI=1S/C18H24N4O/c1-13(14-6-3-2-4-7-14)10-20-17-15-11-21(12-16(15)17)18-19-8-5-9-22(18)23/h2-9,13,15-18,20,23H,10-12H2,1H3. The molecule has 2 heterocycles. The van der Waals surface area contributed by atoms with Crippen molar-refractivity contribution in [2.75, 3.05) is 19.6 Å². The molecule has 0 aromatic heterocycles. The van der Waals surface area contributed by atoms with E-state index >= 15 is 0 Å². The normalized spacial score (nSPS) is 33.7. The van der Waals surface area contributed by atoms with E-state index in [0.717, 1.165) is 19.6 Å². The van der Waals surface area contributed by atoms with Gasteiger partial charge in [-0.2, -0.15) is 0 Å². The molecule has 4 unspecified atom stereocenters. The number of nitrogens with zero attached hydrogens (tertiary/aromatic N) is 3. The van der Waals surface area contributed by atoms with E-state index in [0.29, 0.717) is 23.8 Å². The summed E-state index contributed by atoms with van der Waals surface area (Å²) >= 11 is 0. The molecule has 2 N–H and O–H groups in total. The molecular formula is C18H24N4O. The maximum atomic E-state index is 9.87. The van der Waals surface area contributed by atoms with Gasteiger partial charge in [-0.3, -0.25) is 15.1 Å². The average Bonchev–Trinajstić information content (AvgIpc) is 3.03. The van der Waals surface area contributed by atoms with Crippen LogP contribution in [0.15, 0.2) is 47.6 Å². The second kappa shape index (κ2) is 6.07. The van der Waals surface area contributed by atoms with Crippen LogP contribution in [-0.4, -0.2) is 53.4 Å². The molecule has 0 spiro atoms. The van der Waals surface area contributed by atoms with Gasteiger partial charge in [0.05, 0.1) is 0 Å². The lowest BCUT2D eigenvalue weighted by molar-refractivity contribution is -0.127. The fourth-order valence-corrected chi connectivity index (χ4v) is 3.92. The zero-order valence-electron chi connectivity index (χ0n) is 13.4. The summed E-state index contributed by atoms with van der Waals surface area (Å²) in [6.07, 6.45) is 4.94. The molecule has 4 rings (SSSR count). The van der Waals surface area contributed by atoms with Gasteiger partial charge in [0.1, 0.15) is 0 Å². The van der Waals surface area contributed by atoms with E-state index in [1.807, 2.05) is 0 Å². The molecule has 0 radical (unpaired) electrons. The molecule has 0 amide bonds. The van der Waals surface area contributed by atoms with Gasteiger partial charge in [-0.1, -0.05) is 37.3 Å². The molecule has 5 nitrogen and oxygen atoms in total. The number of benzene rings is 1. The minimum Gasteiger partial charge on any atom is -0.313 e. The molecule has 4 atom stereocenters. The summed E-state index contributed by atoms with van der Waals surface area (Å²) < 4.78 is 0. The molecule has 2 aliphatic heterocycles. The highest BCUT2D eigenvalue weighted by molar-refractivity contribution is 5.71. The van der Waals surface area contributed by atoms with Crippen LogP contribution in [0, 0.1) is 11.8 Å². The number of aliphatic imine (C=N–C) groups is 1. The third-order valence-corrected chi connectivity index (χ3v) is 5.36. The Bertz CT molecular complexity index is 590. The molecule has 1 saturated heterocycles. The van der Waals surface area contributed by atoms with Crippen molar-refractivity contribution >= 4 is 6.21 Å². The molecule has 0 bridgehead atoms. The molecule has 1 aromatic rings. The lowest BCUT2D eigenvalue weighted by atomic mass is 10.0. The summed E-state index contributed by atoms with van der Waals surface area (Å²) in [5.41, 5.74) is 1.40. The van der Waals surface area contributed by atoms with Crippen molar-refractivity contribution in [3.05, 3.63) is 48.2 Å². The molecule has 2 fully saturated rings. The number of piperidine rings is 1. The van der Waals surface area contributed by atoms with Gasteiger partial charge in [-0.05, 0) is 29.4 Å². The van der Waals surface area contributed by atoms with Crippen LogP contribution in [-0.2, 0) is 0 Å². The van der Waals surface area contributed by atoms with Crippen LogP contribution < -0.4 is 5.32 Å². The Balaban J connectivity index is 1.25. The SMILES string of the molecule is CC(CNC1C2CN(C3N=CC=CN3O)CC21)c1ccccc1. The van der Waals surface area contributed by atoms with Crippen LogP contribution in [0.2, 0.25) is 0 Å². The van der Waals surface area contributed by atoms with Crippen molar-refractivity contribution in [3.8, 4) is 0 Å². The quantitative estimate of drug-likeness (QED) is 0.872. The number of hydroxylamine groups is 2. The van der Waals surface area contributed by atoms with Gasteiger partial charge in [-0.15, -0.1) is 0 Å². The number of likely N-dealkylation sites (tertiary alicyclic amines) is 1. The third kappa shape index (κ3) is 2.92. The number of hydrogen-bond donors (Lipinski definition) is 2. The second-order valence-electron chi connectivity index (χ2n) is 6.89. The highest BCUT2D eigenvalue weighted by atomic mass is 16.5. The van der Waals surface area contributed by atoms with Crippen molar-refractivity contribution in [3.63, 3.8) is 0 Å². The van der Waals surface area contributed by atoms with E-state index < -0.39 is 0 Å². The van der Waals surface area contributed by atoms with Gasteiger partial charge >= 0.3 is 0 Å². The van der Waals surface area contributed by atoms with Crippen LogP contribution in [0.4, 0.5) is 0 Å². The van der Waals surface area contributed by atoms with E-state index in [1.165, 1.54) is 10.6 Å². The van der Waals surface area contributed by atoms with E-state index in [4.69, 9.17) is 0 Å². The summed E-state index contributed by atoms with van der Waals surface area (Å²) in [5, 5.41) is 14.8. The first kappa shape index (κ1) is 14.9. The van der Waals surface area contributed by atoms with Crippen molar-refractivity contribution < 1.29 is 5.21 Å². The number of rotatable bonds is 5. The number of hydrogen-bond acceptors (Lipinski definition) is 5. The zero-order chi connectivity index (χ0) is 15.8. The molecule has 5 heteroatoms. The third-order valence-electron chi connectivity index (χ3n) is 5.36. The number of nitrogens with one attached hydrogen (secondary N) is 1. The smallest absolute Gasteiger partial charge is 0.201 e. The molecule has 23 heavy (non-hydrogen) atoms. The monoisotopic (exact) mass is 312 g/mol. The van der Waals surface area contributed by atoms with Gasteiger partial charge in [0, 0.05) is 38.1 Å². The first-order chi connectivity index (χ1) is 11.2. The van der Waals surface area contributed by atoms with E-state index in [-0.39, 0.29) is 6.29 Å². The Hall–Kier alpha value is -1.69. The first-order valence-corrected chi connectivity index (χ1v) is 8.43. The molecule has 1 saturated carbocycles. The van der Waals surface area contributed by atoms with Gasteiger partial charge in [0.2, 0.25) is 6.29 Å². The Kier molecular flexibility index (Phi) is 3.93. The highest BCUT2D eigenvalue weighted by Crippen LogP contribution is 2.46. The fraction of sp³-hybridized carbons (Fsp3) is 0.500. The van der Waals surface area contributed by atoms with Gasteiger partial charge in [0.25, 0.3) is 0 Å². The molecule has 3 aliphatic rings. The van der Waals surface area contributed by atoms with Crippen LogP contribution in [0.1, 0.15) is 18.4 Å². The van der Waals surface area contributed by atoms with E-state index in [9.17, 15) is 5.21 Å². The minimum atomic E-state index is -0.239. The first-order valence-electron chi connectivity index (χ1n) is 8.43. The highest BCUT2D eigenvalue weighted by Gasteiger charge is 2.56. The van der Waals surface area contributed by atoms with Crippen molar-refractivity contribution in [1.82, 2.24) is 15.3 Å². The topological polar surface area (TPSA) is 51.1 Å². The van der Waals surface area contributed by atoms with Crippen LogP contribution in [0.5, 0.6) is 0 Å². The van der Waals surface area contributed by atoms with Crippen molar-refractivity contribution in [2.45, 2.75) is 25.2 Å². The lowest BCUT2D eigenvalue weighted by Gasteiger charge is -2.32. The molecule has 1 aliphatic carbocycles. The fourth-order valence-electron chi connectivity index (χ4n) is 3.92. The van der Waals surface area contributed by atoms with Gasteiger partial charge in [0.15, 0.2) is 0 Å². The lowest BCUT2D eigenvalue weighted by Crippen LogP contribution is -2.46. The Morgan fingerprint density at radius 3 is 2.70 bits per heavy atom. The maximum Gasteiger partial charge on any atom is 0.201 e. The summed E-state index contributed by atoms with van der Waals surface area (Å²) in [6, 6.07) is 11.3. The number of fused-ring (bicyclic) bond motifs is 1. The largest absolute Gasteiger partial charge is 0.313 e. The summed E-state index contributed by atoms with van der Waals surface area (Å²) in [5.74, 6) is 1.94. The number of allylic oxidation sites excluding steroid dienone is 1. The molecule has 122 valence electrons. The summed E-state index contributed by atoms with van der Waals surface area (Å²) in [6.45, 7) is 5.32. The van der Waals surface area contributed by atoms with E-state index in [2.05, 4.69) is 52.5 Å². The van der Waals surface area contributed by atoms with E-state index in [1.54, 1.807) is 18.5 Å². The second-order valence-corrected chi connectivity index (χ2v) is 6.89. The predicted molar refractivity (Wildman–Crippen MR) is 90.2 cm³/mol. The Morgan fingerprint density at radius 1 is 1.26 bits per heavy atom. The summed E-state index contributed by atoms with van der Waals surface area (Å²) in [4.78, 5) is 6.61. The minimum absolute atomic E-state index is 0.239. The molecular weight excluding hydrogens is 288 g/mol. The van der Waals surface area contributed by atoms with Crippen LogP contribution in [0.25, 0.3) is 0 Å². The van der Waals surface area contributed by atoms with Crippen LogP contribution in [0.3, 0.4) is 0 Å². The van der Waals surface area contributed by atoms with Crippen molar-refractivity contribution in [2.24, 2.45) is 16.8 Å². The predicted octanol–water partition coefficient (Wildman–Crippen LogP) is 1.88.